The summed E-state index contributed by atoms with van der Waals surface area (Å²) in [7, 11) is 1.48. The van der Waals surface area contributed by atoms with Gasteiger partial charge in [0.2, 0.25) is 0 Å². The van der Waals surface area contributed by atoms with Gasteiger partial charge in [0.05, 0.1) is 23.5 Å². The van der Waals surface area contributed by atoms with Crippen LogP contribution in [0.15, 0.2) is 103 Å². The lowest BCUT2D eigenvalue weighted by Gasteiger charge is -2.36. The van der Waals surface area contributed by atoms with Crippen molar-refractivity contribution in [2.45, 2.75) is 6.61 Å². The van der Waals surface area contributed by atoms with Crippen molar-refractivity contribution in [3.8, 4) is 11.5 Å². The van der Waals surface area contributed by atoms with Crippen LogP contribution in [0.4, 0.5) is 11.4 Å². The lowest BCUT2D eigenvalue weighted by Crippen LogP contribution is -2.56. The zero-order chi connectivity index (χ0) is 28.2. The third-order valence-corrected chi connectivity index (χ3v) is 7.19. The molecular weight excluding hydrogens is 567 g/mol. The van der Waals surface area contributed by atoms with Crippen molar-refractivity contribution >= 4 is 69.8 Å². The zero-order valence-corrected chi connectivity index (χ0v) is 23.5. The van der Waals surface area contributed by atoms with Crippen molar-refractivity contribution in [2.75, 3.05) is 16.9 Å². The summed E-state index contributed by atoms with van der Waals surface area (Å²) in [5, 5.41) is 0.866. The molecule has 0 saturated carbocycles. The van der Waals surface area contributed by atoms with E-state index in [2.05, 4.69) is 0 Å². The number of para-hydroxylation sites is 2. The first-order valence-corrected chi connectivity index (χ1v) is 13.3. The summed E-state index contributed by atoms with van der Waals surface area (Å²) in [5.74, 6) is -0.465. The molecule has 5 rings (SSSR count). The molecule has 1 aliphatic heterocycles. The number of amides is 2. The van der Waals surface area contributed by atoms with Crippen LogP contribution >= 0.6 is 35.4 Å². The standard InChI is InChI=1S/C31H22Cl2N2O4S/c1-38-27-18-20(17-26(33)28(27)39-19-21-10-8-9-15-25(21)32)16-24-29(36)34(22-11-4-2-5-12-22)31(40)35(30(24)37)23-13-6-3-7-14-23/h2-18H,19H2,1H3. The Labute approximate surface area is 246 Å². The van der Waals surface area contributed by atoms with Gasteiger partial charge in [-0.1, -0.05) is 77.8 Å². The molecule has 0 N–H and O–H groups in total. The molecule has 4 aromatic carbocycles. The summed E-state index contributed by atoms with van der Waals surface area (Å²) in [6.07, 6.45) is 1.48. The van der Waals surface area contributed by atoms with Crippen LogP contribution in [0.5, 0.6) is 11.5 Å². The summed E-state index contributed by atoms with van der Waals surface area (Å²) in [6, 6.07) is 28.4. The van der Waals surface area contributed by atoms with E-state index < -0.39 is 11.8 Å². The van der Waals surface area contributed by atoms with Crippen molar-refractivity contribution in [1.82, 2.24) is 0 Å². The number of hydrogen-bond donors (Lipinski definition) is 0. The normalized spacial score (nSPS) is 13.5. The van der Waals surface area contributed by atoms with Crippen LogP contribution < -0.4 is 19.3 Å². The monoisotopic (exact) mass is 588 g/mol. The topological polar surface area (TPSA) is 59.1 Å². The highest BCUT2D eigenvalue weighted by atomic mass is 35.5. The molecule has 1 saturated heterocycles. The fourth-order valence-electron chi connectivity index (χ4n) is 4.23. The summed E-state index contributed by atoms with van der Waals surface area (Å²) in [4.78, 5) is 30.2. The summed E-state index contributed by atoms with van der Waals surface area (Å²) in [6.45, 7) is 0.169. The molecule has 0 unspecified atom stereocenters. The van der Waals surface area contributed by atoms with Gasteiger partial charge in [0.25, 0.3) is 11.8 Å². The van der Waals surface area contributed by atoms with Crippen molar-refractivity contribution < 1.29 is 19.1 Å². The molecule has 0 aliphatic carbocycles. The predicted octanol–water partition coefficient (Wildman–Crippen LogP) is 7.33. The predicted molar refractivity (Wildman–Crippen MR) is 162 cm³/mol. The van der Waals surface area contributed by atoms with E-state index in [9.17, 15) is 9.59 Å². The first-order valence-electron chi connectivity index (χ1n) is 12.2. The molecule has 0 spiro atoms. The second-order valence-corrected chi connectivity index (χ2v) is 9.89. The minimum atomic E-state index is -0.553. The van der Waals surface area contributed by atoms with Gasteiger partial charge >= 0.3 is 0 Å². The van der Waals surface area contributed by atoms with E-state index in [-0.39, 0.29) is 22.3 Å². The number of thiocarbonyl (C=S) groups is 1. The molecule has 6 nitrogen and oxygen atoms in total. The van der Waals surface area contributed by atoms with Crippen LogP contribution in [0.2, 0.25) is 10.0 Å². The van der Waals surface area contributed by atoms with Crippen molar-refractivity contribution in [2.24, 2.45) is 0 Å². The van der Waals surface area contributed by atoms with Crippen molar-refractivity contribution in [3.63, 3.8) is 0 Å². The van der Waals surface area contributed by atoms with Crippen LogP contribution in [-0.2, 0) is 16.2 Å². The number of hydrogen-bond acceptors (Lipinski definition) is 5. The van der Waals surface area contributed by atoms with Gasteiger partial charge in [0, 0.05) is 10.6 Å². The van der Waals surface area contributed by atoms with Crippen LogP contribution in [0, 0.1) is 0 Å². The molecule has 0 aromatic heterocycles. The Morgan fingerprint density at radius 1 is 0.775 bits per heavy atom. The number of benzene rings is 4. The average molecular weight is 590 g/mol. The van der Waals surface area contributed by atoms with Gasteiger partial charge in [0.1, 0.15) is 12.2 Å². The van der Waals surface area contributed by atoms with E-state index in [4.69, 9.17) is 44.9 Å². The highest BCUT2D eigenvalue weighted by Gasteiger charge is 2.41. The maximum Gasteiger partial charge on any atom is 0.270 e. The van der Waals surface area contributed by atoms with Crippen LogP contribution in [-0.4, -0.2) is 24.0 Å². The van der Waals surface area contributed by atoms with E-state index in [1.54, 1.807) is 66.7 Å². The van der Waals surface area contributed by atoms with Gasteiger partial charge in [-0.05, 0) is 66.3 Å². The number of carbonyl (C=O) groups is 2. The van der Waals surface area contributed by atoms with Gasteiger partial charge in [-0.3, -0.25) is 19.4 Å². The van der Waals surface area contributed by atoms with E-state index in [1.807, 2.05) is 30.3 Å². The van der Waals surface area contributed by atoms with Crippen molar-refractivity contribution in [3.05, 3.63) is 124 Å². The van der Waals surface area contributed by atoms with E-state index >= 15 is 0 Å². The molecule has 1 heterocycles. The Bertz CT molecular complexity index is 1560. The quantitative estimate of drug-likeness (QED) is 0.128. The van der Waals surface area contributed by atoms with Crippen LogP contribution in [0.25, 0.3) is 6.08 Å². The van der Waals surface area contributed by atoms with Gasteiger partial charge in [-0.2, -0.15) is 0 Å². The second-order valence-electron chi connectivity index (χ2n) is 8.71. The first kappa shape index (κ1) is 27.4. The summed E-state index contributed by atoms with van der Waals surface area (Å²) in [5.41, 5.74) is 2.23. The Morgan fingerprint density at radius 2 is 1.32 bits per heavy atom. The van der Waals surface area contributed by atoms with Gasteiger partial charge < -0.3 is 9.47 Å². The highest BCUT2D eigenvalue weighted by Crippen LogP contribution is 2.38. The molecular formula is C31H22Cl2N2O4S. The number of carbonyl (C=O) groups excluding carboxylic acids is 2. The van der Waals surface area contributed by atoms with Crippen LogP contribution in [0.1, 0.15) is 11.1 Å². The molecule has 40 heavy (non-hydrogen) atoms. The van der Waals surface area contributed by atoms with E-state index in [1.165, 1.54) is 23.0 Å². The lowest BCUT2D eigenvalue weighted by atomic mass is 10.0. The summed E-state index contributed by atoms with van der Waals surface area (Å²) >= 11 is 18.5. The SMILES string of the molecule is COc1cc(C=C2C(=O)N(c3ccccc3)C(=S)N(c3ccccc3)C2=O)cc(Cl)c1OCc1ccccc1Cl. The first-order chi connectivity index (χ1) is 19.4. The molecule has 1 aliphatic rings. The second kappa shape index (κ2) is 11.9. The molecule has 0 bridgehead atoms. The minimum absolute atomic E-state index is 0.0588. The maximum atomic E-state index is 13.7. The van der Waals surface area contributed by atoms with Crippen LogP contribution in [0.3, 0.4) is 0 Å². The maximum absolute atomic E-state index is 13.7. The summed E-state index contributed by atoms with van der Waals surface area (Å²) < 4.78 is 11.5. The van der Waals surface area contributed by atoms with Crippen molar-refractivity contribution in [1.29, 1.82) is 0 Å². The molecule has 1 fully saturated rings. The molecule has 4 aromatic rings. The molecule has 0 radical (unpaired) electrons. The molecule has 9 heteroatoms. The Kier molecular flexibility index (Phi) is 8.16. The van der Waals surface area contributed by atoms with Gasteiger partial charge in [-0.15, -0.1) is 0 Å². The fraction of sp³-hybridized carbons (Fsp3) is 0.0645. The fourth-order valence-corrected chi connectivity index (χ4v) is 5.07. The highest BCUT2D eigenvalue weighted by molar-refractivity contribution is 7.81. The molecule has 2 amide bonds. The van der Waals surface area contributed by atoms with Gasteiger partial charge in [0.15, 0.2) is 16.6 Å². The number of halogens is 2. The largest absolute Gasteiger partial charge is 0.493 e. The van der Waals surface area contributed by atoms with Gasteiger partial charge in [-0.25, -0.2) is 0 Å². The zero-order valence-electron chi connectivity index (χ0n) is 21.2. The molecule has 0 atom stereocenters. The number of rotatable bonds is 7. The third-order valence-electron chi connectivity index (χ3n) is 6.17. The number of ether oxygens (including phenoxy) is 2. The molecule has 200 valence electrons. The number of anilines is 2. The lowest BCUT2D eigenvalue weighted by molar-refractivity contribution is -0.120. The van der Waals surface area contributed by atoms with E-state index in [0.29, 0.717) is 33.5 Å². The smallest absolute Gasteiger partial charge is 0.270 e. The Balaban J connectivity index is 1.55. The number of methoxy groups -OCH3 is 1. The Hall–Kier alpha value is -4.17. The third kappa shape index (κ3) is 5.45. The number of nitrogens with zero attached hydrogens (tertiary/aromatic N) is 2. The Morgan fingerprint density at radius 3 is 1.88 bits per heavy atom. The minimum Gasteiger partial charge on any atom is -0.493 e. The average Bonchev–Trinajstić information content (AvgIpc) is 2.96. The van der Waals surface area contributed by atoms with E-state index in [0.717, 1.165) is 5.56 Å².